The minimum atomic E-state index is -0.304. The van der Waals surface area contributed by atoms with Gasteiger partial charge < -0.3 is 14.4 Å². The van der Waals surface area contributed by atoms with Crippen LogP contribution in [0.4, 0.5) is 4.39 Å². The van der Waals surface area contributed by atoms with E-state index in [0.29, 0.717) is 26.3 Å². The summed E-state index contributed by atoms with van der Waals surface area (Å²) >= 11 is 0. The lowest BCUT2D eigenvalue weighted by molar-refractivity contribution is -0.129. The number of aryl methyl sites for hydroxylation is 1. The fourth-order valence-electron chi connectivity index (χ4n) is 3.18. The van der Waals surface area contributed by atoms with Gasteiger partial charge in [0.15, 0.2) is 0 Å². The Labute approximate surface area is 159 Å². The van der Waals surface area contributed by atoms with Crippen LogP contribution in [0, 0.1) is 5.82 Å². The molecule has 1 saturated heterocycles. The highest BCUT2D eigenvalue weighted by Gasteiger charge is 2.17. The van der Waals surface area contributed by atoms with Crippen LogP contribution < -0.4 is 4.74 Å². The summed E-state index contributed by atoms with van der Waals surface area (Å²) in [5.74, 6) is 0.451. The minimum Gasteiger partial charge on any atom is -0.496 e. The Morgan fingerprint density at radius 1 is 1.15 bits per heavy atom. The number of methoxy groups -OCH3 is 1. The quantitative estimate of drug-likeness (QED) is 0.755. The van der Waals surface area contributed by atoms with Crippen molar-refractivity contribution in [1.29, 1.82) is 0 Å². The molecule has 2 aromatic rings. The number of hydrogen-bond acceptors (Lipinski definition) is 3. The molecule has 0 aliphatic carbocycles. The summed E-state index contributed by atoms with van der Waals surface area (Å²) < 4.78 is 24.1. The molecular weight excluding hydrogens is 345 g/mol. The largest absolute Gasteiger partial charge is 0.496 e. The van der Waals surface area contributed by atoms with Crippen LogP contribution in [0.15, 0.2) is 48.5 Å². The van der Waals surface area contributed by atoms with E-state index >= 15 is 0 Å². The van der Waals surface area contributed by atoms with Crippen LogP contribution in [-0.4, -0.2) is 44.2 Å². The Hall–Kier alpha value is -2.66. The Morgan fingerprint density at radius 3 is 2.44 bits per heavy atom. The fourth-order valence-corrected chi connectivity index (χ4v) is 3.18. The minimum absolute atomic E-state index is 0.0634. The number of hydrogen-bond donors (Lipinski definition) is 0. The van der Waals surface area contributed by atoms with Gasteiger partial charge in [0.05, 0.1) is 20.3 Å². The predicted octanol–water partition coefficient (Wildman–Crippen LogP) is 3.69. The van der Waals surface area contributed by atoms with Crippen molar-refractivity contribution in [3.8, 4) is 5.75 Å². The molecule has 27 heavy (non-hydrogen) atoms. The first kappa shape index (κ1) is 19.1. The number of carbonyl (C=O) groups excluding carboxylic acids is 1. The topological polar surface area (TPSA) is 38.8 Å². The maximum Gasteiger partial charge on any atom is 0.247 e. The summed E-state index contributed by atoms with van der Waals surface area (Å²) in [5, 5.41) is 0. The van der Waals surface area contributed by atoms with E-state index in [2.05, 4.69) is 6.92 Å². The standard InChI is InChI=1S/C22H24FNO3/c1-3-16-14-18(6-9-21(16)26-2)20(17-4-7-19(23)8-5-17)15-22(25)24-10-12-27-13-11-24/h4-9,14-15H,3,10-13H2,1-2H3/b20-15-. The molecule has 1 aliphatic rings. The molecule has 1 heterocycles. The zero-order chi connectivity index (χ0) is 19.2. The van der Waals surface area contributed by atoms with Crippen LogP contribution in [-0.2, 0) is 16.0 Å². The average molecular weight is 369 g/mol. The molecule has 1 amide bonds. The summed E-state index contributed by atoms with van der Waals surface area (Å²) in [6.45, 7) is 4.31. The van der Waals surface area contributed by atoms with Crippen molar-refractivity contribution in [2.45, 2.75) is 13.3 Å². The van der Waals surface area contributed by atoms with E-state index in [1.807, 2.05) is 18.2 Å². The van der Waals surface area contributed by atoms with Crippen LogP contribution in [0.1, 0.15) is 23.6 Å². The fraction of sp³-hybridized carbons (Fsp3) is 0.318. The number of amides is 1. The molecule has 3 rings (SSSR count). The molecule has 0 unspecified atom stereocenters. The molecule has 2 aromatic carbocycles. The number of benzene rings is 2. The number of rotatable bonds is 5. The van der Waals surface area contributed by atoms with Gasteiger partial charge in [0.1, 0.15) is 11.6 Å². The van der Waals surface area contributed by atoms with Gasteiger partial charge in [-0.25, -0.2) is 4.39 Å². The highest BCUT2D eigenvalue weighted by molar-refractivity contribution is 5.99. The Bertz CT molecular complexity index is 824. The van der Waals surface area contributed by atoms with Crippen LogP contribution >= 0.6 is 0 Å². The van der Waals surface area contributed by atoms with E-state index in [0.717, 1.165) is 34.4 Å². The average Bonchev–Trinajstić information content (AvgIpc) is 2.72. The molecule has 0 bridgehead atoms. The first-order valence-electron chi connectivity index (χ1n) is 9.14. The van der Waals surface area contributed by atoms with E-state index in [9.17, 15) is 9.18 Å². The third-order valence-corrected chi connectivity index (χ3v) is 4.72. The zero-order valence-electron chi connectivity index (χ0n) is 15.7. The van der Waals surface area contributed by atoms with Crippen molar-refractivity contribution in [3.05, 3.63) is 71.0 Å². The van der Waals surface area contributed by atoms with E-state index in [-0.39, 0.29) is 11.7 Å². The first-order valence-corrected chi connectivity index (χ1v) is 9.14. The number of nitrogens with zero attached hydrogens (tertiary/aromatic N) is 1. The monoisotopic (exact) mass is 369 g/mol. The van der Waals surface area contributed by atoms with Crippen molar-refractivity contribution in [2.24, 2.45) is 0 Å². The highest BCUT2D eigenvalue weighted by Crippen LogP contribution is 2.29. The smallest absolute Gasteiger partial charge is 0.247 e. The zero-order valence-corrected chi connectivity index (χ0v) is 15.7. The molecule has 1 fully saturated rings. The molecule has 0 radical (unpaired) electrons. The second kappa shape index (κ2) is 8.82. The lowest BCUT2D eigenvalue weighted by atomic mass is 9.95. The molecule has 0 saturated carbocycles. The summed E-state index contributed by atoms with van der Waals surface area (Å²) in [4.78, 5) is 14.6. The van der Waals surface area contributed by atoms with Crippen LogP contribution in [0.2, 0.25) is 0 Å². The van der Waals surface area contributed by atoms with E-state index in [4.69, 9.17) is 9.47 Å². The maximum atomic E-state index is 13.4. The summed E-state index contributed by atoms with van der Waals surface area (Å²) in [7, 11) is 1.65. The van der Waals surface area contributed by atoms with Crippen LogP contribution in [0.3, 0.4) is 0 Å². The second-order valence-electron chi connectivity index (χ2n) is 6.38. The summed E-state index contributed by atoms with van der Waals surface area (Å²) in [6, 6.07) is 12.1. The highest BCUT2D eigenvalue weighted by atomic mass is 19.1. The second-order valence-corrected chi connectivity index (χ2v) is 6.38. The van der Waals surface area contributed by atoms with Gasteiger partial charge in [-0.3, -0.25) is 4.79 Å². The molecule has 0 atom stereocenters. The number of carbonyl (C=O) groups is 1. The molecule has 1 aliphatic heterocycles. The predicted molar refractivity (Wildman–Crippen MR) is 103 cm³/mol. The number of morpholine rings is 1. The van der Waals surface area contributed by atoms with Crippen LogP contribution in [0.5, 0.6) is 5.75 Å². The maximum absolute atomic E-state index is 13.4. The van der Waals surface area contributed by atoms with Gasteiger partial charge in [-0.05, 0) is 52.9 Å². The van der Waals surface area contributed by atoms with Crippen molar-refractivity contribution < 1.29 is 18.7 Å². The van der Waals surface area contributed by atoms with Crippen LogP contribution in [0.25, 0.3) is 5.57 Å². The van der Waals surface area contributed by atoms with Gasteiger partial charge in [-0.2, -0.15) is 0 Å². The van der Waals surface area contributed by atoms with Crippen molar-refractivity contribution in [1.82, 2.24) is 4.90 Å². The SMILES string of the molecule is CCc1cc(/C(=C\C(=O)N2CCOCC2)c2ccc(F)cc2)ccc1OC. The molecule has 5 heteroatoms. The third-order valence-electron chi connectivity index (χ3n) is 4.72. The van der Waals surface area contributed by atoms with Gasteiger partial charge in [-0.1, -0.05) is 25.1 Å². The lowest BCUT2D eigenvalue weighted by Gasteiger charge is -2.26. The Morgan fingerprint density at radius 2 is 1.81 bits per heavy atom. The van der Waals surface area contributed by atoms with Gasteiger partial charge >= 0.3 is 0 Å². The molecule has 4 nitrogen and oxygen atoms in total. The van der Waals surface area contributed by atoms with Crippen molar-refractivity contribution >= 4 is 11.5 Å². The van der Waals surface area contributed by atoms with E-state index < -0.39 is 0 Å². The lowest BCUT2D eigenvalue weighted by Crippen LogP contribution is -2.39. The summed E-state index contributed by atoms with van der Waals surface area (Å²) in [5.41, 5.74) is 3.52. The molecule has 0 aromatic heterocycles. The number of ether oxygens (including phenoxy) is 2. The third kappa shape index (κ3) is 4.55. The first-order chi connectivity index (χ1) is 13.1. The van der Waals surface area contributed by atoms with Gasteiger partial charge in [0, 0.05) is 19.2 Å². The molecule has 0 spiro atoms. The van der Waals surface area contributed by atoms with Gasteiger partial charge in [0.2, 0.25) is 5.91 Å². The van der Waals surface area contributed by atoms with Gasteiger partial charge in [0.25, 0.3) is 0 Å². The normalized spacial score (nSPS) is 14.9. The molecular formula is C22H24FNO3. The number of halogens is 1. The molecule has 142 valence electrons. The Kier molecular flexibility index (Phi) is 6.24. The van der Waals surface area contributed by atoms with Crippen molar-refractivity contribution in [3.63, 3.8) is 0 Å². The molecule has 0 N–H and O–H groups in total. The Balaban J connectivity index is 2.03. The summed E-state index contributed by atoms with van der Waals surface area (Å²) in [6.07, 6.45) is 2.45. The van der Waals surface area contributed by atoms with Gasteiger partial charge in [-0.15, -0.1) is 0 Å². The van der Waals surface area contributed by atoms with E-state index in [1.165, 1.54) is 12.1 Å². The van der Waals surface area contributed by atoms with E-state index in [1.54, 1.807) is 30.2 Å². The van der Waals surface area contributed by atoms with Crippen molar-refractivity contribution in [2.75, 3.05) is 33.4 Å².